The van der Waals surface area contributed by atoms with Crippen LogP contribution in [-0.2, 0) is 11.4 Å². The van der Waals surface area contributed by atoms with Gasteiger partial charge >= 0.3 is 0 Å². The van der Waals surface area contributed by atoms with Crippen LogP contribution in [0.1, 0.15) is 24.8 Å². The van der Waals surface area contributed by atoms with E-state index in [1.54, 1.807) is 7.11 Å². The van der Waals surface area contributed by atoms with E-state index in [4.69, 9.17) is 14.3 Å². The van der Waals surface area contributed by atoms with E-state index in [1.165, 1.54) is 0 Å². The van der Waals surface area contributed by atoms with Crippen LogP contribution in [0.15, 0.2) is 18.2 Å². The first kappa shape index (κ1) is 20.3. The zero-order valence-electron chi connectivity index (χ0n) is 15.7. The summed E-state index contributed by atoms with van der Waals surface area (Å²) in [6.07, 6.45) is -0.0305. The summed E-state index contributed by atoms with van der Waals surface area (Å²) in [6.45, 7) is 3.33. The van der Waals surface area contributed by atoms with Gasteiger partial charge in [0.25, 0.3) is 5.92 Å². The van der Waals surface area contributed by atoms with Crippen molar-refractivity contribution in [3.63, 3.8) is 0 Å². The molecule has 0 bridgehead atoms. The molecule has 0 aromatic heterocycles. The van der Waals surface area contributed by atoms with Crippen molar-refractivity contribution in [2.45, 2.75) is 37.8 Å². The highest BCUT2D eigenvalue weighted by molar-refractivity contribution is 5.43. The molecule has 8 heteroatoms. The number of likely N-dealkylation sites (tertiary alicyclic amines) is 1. The molecule has 0 amide bonds. The topological polar surface area (TPSA) is 54.4 Å². The van der Waals surface area contributed by atoms with E-state index in [0.717, 1.165) is 25.1 Å². The van der Waals surface area contributed by atoms with Crippen molar-refractivity contribution in [1.82, 2.24) is 9.96 Å². The fraction of sp³-hybridized carbons (Fsp3) is 0.684. The Morgan fingerprint density at radius 3 is 2.67 bits per heavy atom. The van der Waals surface area contributed by atoms with Crippen LogP contribution in [0, 0.1) is 0 Å². The van der Waals surface area contributed by atoms with Gasteiger partial charge in [-0.2, -0.15) is 5.06 Å². The highest BCUT2D eigenvalue weighted by Gasteiger charge is 2.34. The van der Waals surface area contributed by atoms with Crippen molar-refractivity contribution in [3.05, 3.63) is 23.8 Å². The number of halogens is 2. The van der Waals surface area contributed by atoms with Crippen LogP contribution in [-0.4, -0.2) is 73.6 Å². The van der Waals surface area contributed by atoms with Gasteiger partial charge in [-0.3, -0.25) is 4.84 Å². The summed E-state index contributed by atoms with van der Waals surface area (Å²) < 4.78 is 37.5. The predicted molar refractivity (Wildman–Crippen MR) is 96.1 cm³/mol. The number of piperidine rings is 1. The Hall–Kier alpha value is -1.48. The summed E-state index contributed by atoms with van der Waals surface area (Å²) in [5.74, 6) is -1.43. The number of benzene rings is 1. The lowest BCUT2D eigenvalue weighted by Crippen LogP contribution is -2.44. The molecule has 27 heavy (non-hydrogen) atoms. The molecule has 2 aliphatic rings. The molecule has 0 aliphatic carbocycles. The van der Waals surface area contributed by atoms with Crippen molar-refractivity contribution in [3.8, 4) is 11.5 Å². The van der Waals surface area contributed by atoms with Crippen molar-refractivity contribution >= 4 is 0 Å². The average Bonchev–Trinajstić information content (AvgIpc) is 3.15. The first-order valence-corrected chi connectivity index (χ1v) is 9.41. The largest absolute Gasteiger partial charge is 0.493 e. The number of hydrogen-bond donors (Lipinski definition) is 1. The normalized spacial score (nSPS) is 21.9. The highest BCUT2D eigenvalue weighted by Crippen LogP contribution is 2.30. The first-order valence-electron chi connectivity index (χ1n) is 9.41. The molecule has 1 N–H and O–H groups in total. The second kappa shape index (κ2) is 9.14. The number of hydrogen-bond acceptors (Lipinski definition) is 6. The molecule has 6 nitrogen and oxygen atoms in total. The fourth-order valence-electron chi connectivity index (χ4n) is 3.36. The van der Waals surface area contributed by atoms with Crippen molar-refractivity contribution in [1.29, 1.82) is 0 Å². The van der Waals surface area contributed by atoms with Crippen molar-refractivity contribution in [2.75, 3.05) is 46.5 Å². The molecule has 3 rings (SSSR count). The van der Waals surface area contributed by atoms with Gasteiger partial charge in [-0.25, -0.2) is 8.78 Å². The monoisotopic (exact) mass is 386 g/mol. The van der Waals surface area contributed by atoms with Crippen molar-refractivity contribution in [2.24, 2.45) is 0 Å². The minimum Gasteiger partial charge on any atom is -0.493 e. The summed E-state index contributed by atoms with van der Waals surface area (Å²) in [5.41, 5.74) is 1.05. The molecule has 1 aromatic rings. The Kier molecular flexibility index (Phi) is 6.86. The molecule has 2 saturated heterocycles. The second-order valence-electron chi connectivity index (χ2n) is 7.16. The third kappa shape index (κ3) is 6.00. The van der Waals surface area contributed by atoms with E-state index in [1.807, 2.05) is 28.2 Å². The molecular weight excluding hydrogens is 358 g/mol. The second-order valence-corrected chi connectivity index (χ2v) is 7.16. The molecule has 2 aliphatic heterocycles. The van der Waals surface area contributed by atoms with E-state index in [2.05, 4.69) is 0 Å². The smallest absolute Gasteiger partial charge is 0.250 e. The van der Waals surface area contributed by atoms with Crippen LogP contribution in [0.4, 0.5) is 8.78 Å². The van der Waals surface area contributed by atoms with Crippen molar-refractivity contribution < 1.29 is 28.2 Å². The van der Waals surface area contributed by atoms with Crippen LogP contribution in [0.3, 0.4) is 0 Å². The molecular formula is C19H28F2N2O4. The quantitative estimate of drug-likeness (QED) is 0.740. The standard InChI is InChI=1S/C19H28F2N2O4/c1-25-18-11-15(12-23-7-2-10-27-23)3-4-17(18)26-14-16(24)13-22-8-5-19(20,21)6-9-22/h3-4,11,16,24H,2,5-10,12-14H2,1H3. The number of aliphatic hydroxyl groups excluding tert-OH is 1. The molecule has 0 saturated carbocycles. The lowest BCUT2D eigenvalue weighted by molar-refractivity contribution is -0.117. The zero-order valence-corrected chi connectivity index (χ0v) is 15.7. The number of alkyl halides is 2. The molecule has 2 heterocycles. The molecule has 0 spiro atoms. The lowest BCUT2D eigenvalue weighted by atomic mass is 10.1. The Bertz CT molecular complexity index is 601. The number of rotatable bonds is 8. The minimum atomic E-state index is -2.58. The Morgan fingerprint density at radius 1 is 1.22 bits per heavy atom. The van der Waals surface area contributed by atoms with Crippen LogP contribution in [0.5, 0.6) is 11.5 Å². The highest BCUT2D eigenvalue weighted by atomic mass is 19.3. The van der Waals surface area contributed by atoms with E-state index in [9.17, 15) is 13.9 Å². The first-order chi connectivity index (χ1) is 12.9. The number of methoxy groups -OCH3 is 1. The van der Waals surface area contributed by atoms with Crippen LogP contribution < -0.4 is 9.47 Å². The van der Waals surface area contributed by atoms with Gasteiger partial charge in [0.05, 0.1) is 13.7 Å². The van der Waals surface area contributed by atoms with E-state index >= 15 is 0 Å². The number of β-amino-alcohol motifs (C(OH)–C–C–N with tert-alkyl or cyclic N) is 1. The molecule has 2 fully saturated rings. The molecule has 1 atom stereocenters. The van der Waals surface area contributed by atoms with Gasteiger partial charge in [0.2, 0.25) is 0 Å². The number of ether oxygens (including phenoxy) is 2. The molecule has 0 radical (unpaired) electrons. The summed E-state index contributed by atoms with van der Waals surface area (Å²) in [7, 11) is 1.57. The van der Waals surface area contributed by atoms with E-state index < -0.39 is 12.0 Å². The Labute approximate surface area is 158 Å². The van der Waals surface area contributed by atoms with Crippen LogP contribution in [0.25, 0.3) is 0 Å². The van der Waals surface area contributed by atoms with Crippen LogP contribution >= 0.6 is 0 Å². The number of aliphatic hydroxyl groups is 1. The third-order valence-electron chi connectivity index (χ3n) is 4.90. The van der Waals surface area contributed by atoms with E-state index in [-0.39, 0.29) is 19.4 Å². The predicted octanol–water partition coefficient (Wildman–Crippen LogP) is 2.30. The molecule has 1 unspecified atom stereocenters. The summed E-state index contributed by atoms with van der Waals surface area (Å²) in [6, 6.07) is 5.66. The number of nitrogens with zero attached hydrogens (tertiary/aromatic N) is 2. The minimum absolute atomic E-state index is 0.0812. The van der Waals surface area contributed by atoms with Gasteiger partial charge in [0.1, 0.15) is 12.7 Å². The summed E-state index contributed by atoms with van der Waals surface area (Å²) in [5, 5.41) is 12.1. The zero-order chi connectivity index (χ0) is 19.3. The fourth-order valence-corrected chi connectivity index (χ4v) is 3.36. The Balaban J connectivity index is 1.48. The maximum Gasteiger partial charge on any atom is 0.250 e. The van der Waals surface area contributed by atoms with Gasteiger partial charge < -0.3 is 19.5 Å². The van der Waals surface area contributed by atoms with Gasteiger partial charge in [0, 0.05) is 45.6 Å². The number of hydroxylamine groups is 2. The summed E-state index contributed by atoms with van der Waals surface area (Å²) >= 11 is 0. The third-order valence-corrected chi connectivity index (χ3v) is 4.90. The SMILES string of the molecule is COc1cc(CN2CCCO2)ccc1OCC(O)CN1CCC(F)(F)CC1. The van der Waals surface area contributed by atoms with E-state index in [0.29, 0.717) is 37.7 Å². The average molecular weight is 386 g/mol. The van der Waals surface area contributed by atoms with Gasteiger partial charge in [0.15, 0.2) is 11.5 Å². The molecule has 152 valence electrons. The van der Waals surface area contributed by atoms with Gasteiger partial charge in [-0.1, -0.05) is 6.07 Å². The molecule has 1 aromatic carbocycles. The maximum absolute atomic E-state index is 13.2. The maximum atomic E-state index is 13.2. The van der Waals surface area contributed by atoms with Crippen LogP contribution in [0.2, 0.25) is 0 Å². The van der Waals surface area contributed by atoms with Gasteiger partial charge in [-0.15, -0.1) is 0 Å². The summed E-state index contributed by atoms with van der Waals surface area (Å²) in [4.78, 5) is 7.35. The van der Waals surface area contributed by atoms with Gasteiger partial charge in [-0.05, 0) is 24.1 Å². The lowest BCUT2D eigenvalue weighted by Gasteiger charge is -2.32. The Morgan fingerprint density at radius 2 is 2.00 bits per heavy atom.